The molecule has 1 fully saturated rings. The zero-order chi connectivity index (χ0) is 23.1. The summed E-state index contributed by atoms with van der Waals surface area (Å²) in [5.74, 6) is -0.328. The van der Waals surface area contributed by atoms with E-state index in [-0.39, 0.29) is 5.91 Å². The van der Waals surface area contributed by atoms with Crippen LogP contribution >= 0.6 is 11.6 Å². The molecule has 8 heteroatoms. The predicted octanol–water partition coefficient (Wildman–Crippen LogP) is 4.19. The second-order valence-electron chi connectivity index (χ2n) is 8.33. The van der Waals surface area contributed by atoms with E-state index in [9.17, 15) is 13.2 Å². The van der Waals surface area contributed by atoms with Gasteiger partial charge < -0.3 is 5.32 Å². The Morgan fingerprint density at radius 3 is 2.19 bits per heavy atom. The Kier molecular flexibility index (Phi) is 8.57. The van der Waals surface area contributed by atoms with Gasteiger partial charge in [-0.05, 0) is 67.7 Å². The van der Waals surface area contributed by atoms with Gasteiger partial charge >= 0.3 is 0 Å². The van der Waals surface area contributed by atoms with E-state index >= 15 is 0 Å². The summed E-state index contributed by atoms with van der Waals surface area (Å²) in [6.45, 7) is 5.40. The third-order valence-electron chi connectivity index (χ3n) is 5.76. The van der Waals surface area contributed by atoms with Crippen molar-refractivity contribution < 1.29 is 13.2 Å². The maximum Gasteiger partial charge on any atom is 0.244 e. The van der Waals surface area contributed by atoms with Crippen LogP contribution in [0.15, 0.2) is 48.5 Å². The standard InChI is InChI=1S/C24H32ClN3O3S/c1-3-23(28(32(2,30)31)22-13-11-21(25)12-14-22)24(29)26-17-19-7-9-20(10-8-19)18-27-15-5-4-6-16-27/h7-14,23H,3-6,15-18H2,1-2H3,(H,26,29)/t23-/m1/s1. The largest absolute Gasteiger partial charge is 0.350 e. The maximum absolute atomic E-state index is 13.0. The van der Waals surface area contributed by atoms with Crippen molar-refractivity contribution in [2.24, 2.45) is 0 Å². The van der Waals surface area contributed by atoms with Gasteiger partial charge in [0.25, 0.3) is 0 Å². The number of likely N-dealkylation sites (tertiary alicyclic amines) is 1. The van der Waals surface area contributed by atoms with Crippen molar-refractivity contribution in [1.82, 2.24) is 10.2 Å². The molecule has 0 unspecified atom stereocenters. The van der Waals surface area contributed by atoms with E-state index in [1.807, 2.05) is 12.1 Å². The van der Waals surface area contributed by atoms with Gasteiger partial charge in [-0.3, -0.25) is 14.0 Å². The molecule has 174 valence electrons. The third kappa shape index (κ3) is 6.70. The fraction of sp³-hybridized carbons (Fsp3) is 0.458. The monoisotopic (exact) mass is 477 g/mol. The first-order valence-electron chi connectivity index (χ1n) is 11.1. The number of hydrogen-bond acceptors (Lipinski definition) is 4. The summed E-state index contributed by atoms with van der Waals surface area (Å²) < 4.78 is 26.2. The van der Waals surface area contributed by atoms with Crippen LogP contribution in [0.1, 0.15) is 43.7 Å². The number of hydrogen-bond donors (Lipinski definition) is 1. The highest BCUT2D eigenvalue weighted by atomic mass is 35.5. The molecule has 0 aromatic heterocycles. The van der Waals surface area contributed by atoms with Crippen LogP contribution in [-0.2, 0) is 27.9 Å². The van der Waals surface area contributed by atoms with Gasteiger partial charge in [0.15, 0.2) is 0 Å². The molecule has 0 radical (unpaired) electrons. The highest BCUT2D eigenvalue weighted by molar-refractivity contribution is 7.92. The topological polar surface area (TPSA) is 69.7 Å². The van der Waals surface area contributed by atoms with E-state index in [1.165, 1.54) is 29.1 Å². The molecule has 0 bridgehead atoms. The highest BCUT2D eigenvalue weighted by Gasteiger charge is 2.31. The summed E-state index contributed by atoms with van der Waals surface area (Å²) in [7, 11) is -3.67. The SMILES string of the molecule is CC[C@H](C(=O)NCc1ccc(CN2CCCCC2)cc1)N(c1ccc(Cl)cc1)S(C)(=O)=O. The number of anilines is 1. The van der Waals surface area contributed by atoms with Crippen LogP contribution in [0.4, 0.5) is 5.69 Å². The molecule has 1 N–H and O–H groups in total. The summed E-state index contributed by atoms with van der Waals surface area (Å²) in [6, 6.07) is 13.9. The first kappa shape index (κ1) is 24.6. The number of benzene rings is 2. The lowest BCUT2D eigenvalue weighted by molar-refractivity contribution is -0.122. The van der Waals surface area contributed by atoms with Crippen molar-refractivity contribution in [3.63, 3.8) is 0 Å². The predicted molar refractivity (Wildman–Crippen MR) is 130 cm³/mol. The molecule has 6 nitrogen and oxygen atoms in total. The van der Waals surface area contributed by atoms with Crippen LogP contribution < -0.4 is 9.62 Å². The van der Waals surface area contributed by atoms with Gasteiger partial charge in [0.1, 0.15) is 6.04 Å². The summed E-state index contributed by atoms with van der Waals surface area (Å²) in [6.07, 6.45) is 5.31. The molecule has 32 heavy (non-hydrogen) atoms. The Balaban J connectivity index is 1.64. The normalized spacial score (nSPS) is 15.8. The molecule has 1 saturated heterocycles. The van der Waals surface area contributed by atoms with Crippen molar-refractivity contribution in [3.8, 4) is 0 Å². The van der Waals surface area contributed by atoms with E-state index < -0.39 is 16.1 Å². The number of carbonyl (C=O) groups is 1. The summed E-state index contributed by atoms with van der Waals surface area (Å²) in [5.41, 5.74) is 2.66. The van der Waals surface area contributed by atoms with E-state index in [4.69, 9.17) is 11.6 Å². The van der Waals surface area contributed by atoms with Crippen LogP contribution in [0.2, 0.25) is 5.02 Å². The fourth-order valence-corrected chi connectivity index (χ4v) is 5.43. The summed E-state index contributed by atoms with van der Waals surface area (Å²) >= 11 is 5.94. The minimum Gasteiger partial charge on any atom is -0.350 e. The lowest BCUT2D eigenvalue weighted by atomic mass is 10.1. The first-order chi connectivity index (χ1) is 15.3. The average molecular weight is 478 g/mol. The molecular weight excluding hydrogens is 446 g/mol. The molecule has 3 rings (SSSR count). The number of halogens is 1. The van der Waals surface area contributed by atoms with Crippen molar-refractivity contribution in [2.45, 2.75) is 51.7 Å². The average Bonchev–Trinajstić information content (AvgIpc) is 2.77. The maximum atomic E-state index is 13.0. The number of carbonyl (C=O) groups excluding carboxylic acids is 1. The smallest absolute Gasteiger partial charge is 0.244 e. The Morgan fingerprint density at radius 2 is 1.62 bits per heavy atom. The lowest BCUT2D eigenvalue weighted by Gasteiger charge is -2.30. The van der Waals surface area contributed by atoms with E-state index in [2.05, 4.69) is 22.3 Å². The van der Waals surface area contributed by atoms with Gasteiger partial charge in [0.05, 0.1) is 11.9 Å². The number of nitrogens with one attached hydrogen (secondary N) is 1. The molecule has 2 aromatic carbocycles. The van der Waals surface area contributed by atoms with Crippen LogP contribution in [0.25, 0.3) is 0 Å². The molecule has 0 aliphatic carbocycles. The summed E-state index contributed by atoms with van der Waals surface area (Å²) in [4.78, 5) is 15.4. The van der Waals surface area contributed by atoms with Gasteiger partial charge in [-0.25, -0.2) is 8.42 Å². The van der Waals surface area contributed by atoms with Gasteiger partial charge in [-0.2, -0.15) is 0 Å². The number of rotatable bonds is 9. The van der Waals surface area contributed by atoms with Crippen LogP contribution in [0.5, 0.6) is 0 Å². The van der Waals surface area contributed by atoms with Crippen molar-refractivity contribution in [1.29, 1.82) is 0 Å². The zero-order valence-corrected chi connectivity index (χ0v) is 20.3. The zero-order valence-electron chi connectivity index (χ0n) is 18.8. The Hall–Kier alpha value is -2.09. The van der Waals surface area contributed by atoms with Gasteiger partial charge in [0.2, 0.25) is 15.9 Å². The third-order valence-corrected chi connectivity index (χ3v) is 7.19. The van der Waals surface area contributed by atoms with Crippen molar-refractivity contribution >= 4 is 33.2 Å². The van der Waals surface area contributed by atoms with Gasteiger partial charge in [0, 0.05) is 18.1 Å². The van der Waals surface area contributed by atoms with E-state index in [0.717, 1.165) is 31.5 Å². The summed E-state index contributed by atoms with van der Waals surface area (Å²) in [5, 5.41) is 3.41. The number of sulfonamides is 1. The minimum absolute atomic E-state index is 0.328. The molecule has 1 amide bonds. The van der Waals surface area contributed by atoms with E-state index in [0.29, 0.717) is 23.7 Å². The van der Waals surface area contributed by atoms with E-state index in [1.54, 1.807) is 31.2 Å². The number of amides is 1. The minimum atomic E-state index is -3.67. The van der Waals surface area contributed by atoms with Crippen LogP contribution in [0, 0.1) is 0 Å². The quantitative estimate of drug-likeness (QED) is 0.588. The second-order valence-corrected chi connectivity index (χ2v) is 10.6. The van der Waals surface area contributed by atoms with Crippen LogP contribution in [-0.4, -0.2) is 44.6 Å². The molecule has 0 saturated carbocycles. The Morgan fingerprint density at radius 1 is 1.03 bits per heavy atom. The first-order valence-corrected chi connectivity index (χ1v) is 13.3. The van der Waals surface area contributed by atoms with Crippen molar-refractivity contribution in [3.05, 3.63) is 64.7 Å². The van der Waals surface area contributed by atoms with Crippen molar-refractivity contribution in [2.75, 3.05) is 23.7 Å². The molecule has 1 aliphatic heterocycles. The molecule has 0 spiro atoms. The molecule has 2 aromatic rings. The lowest BCUT2D eigenvalue weighted by Crippen LogP contribution is -2.49. The Labute approximate surface area is 196 Å². The van der Waals surface area contributed by atoms with Gasteiger partial charge in [-0.1, -0.05) is 49.2 Å². The Bertz CT molecular complexity index is 988. The molecular formula is C24H32ClN3O3S. The molecule has 1 heterocycles. The molecule has 1 atom stereocenters. The fourth-order valence-electron chi connectivity index (χ4n) is 4.09. The number of piperidine rings is 1. The molecule has 1 aliphatic rings. The number of nitrogens with zero attached hydrogens (tertiary/aromatic N) is 2. The highest BCUT2D eigenvalue weighted by Crippen LogP contribution is 2.24. The van der Waals surface area contributed by atoms with Gasteiger partial charge in [-0.15, -0.1) is 0 Å². The second kappa shape index (κ2) is 11.2. The van der Waals surface area contributed by atoms with Crippen LogP contribution in [0.3, 0.4) is 0 Å².